The molecule has 0 unspecified atom stereocenters. The van der Waals surface area contributed by atoms with Crippen LogP contribution in [0.2, 0.25) is 0 Å². The molecule has 0 aliphatic rings. The molecule has 3 aromatic rings. The van der Waals surface area contributed by atoms with Crippen LogP contribution in [0.1, 0.15) is 0 Å². The van der Waals surface area contributed by atoms with Crippen LogP contribution in [0.4, 0.5) is 8.78 Å². The first-order chi connectivity index (χ1) is 9.08. The molecular weight excluding hydrogens is 324 g/mol. The summed E-state index contributed by atoms with van der Waals surface area (Å²) in [6, 6.07) is 2.94. The molecule has 0 radical (unpaired) electrons. The molecule has 1 aromatic carbocycles. The van der Waals surface area contributed by atoms with Crippen LogP contribution >= 0.6 is 15.9 Å². The number of hydrogen-bond acceptors (Lipinski definition) is 4. The summed E-state index contributed by atoms with van der Waals surface area (Å²) in [7, 11) is 0. The van der Waals surface area contributed by atoms with Crippen molar-refractivity contribution < 1.29 is 13.3 Å². The maximum Gasteiger partial charge on any atom is 0.335 e. The molecule has 0 saturated carbocycles. The summed E-state index contributed by atoms with van der Waals surface area (Å²) in [4.78, 5) is 15.8. The third kappa shape index (κ3) is 1.84. The van der Waals surface area contributed by atoms with Gasteiger partial charge in [-0.25, -0.2) is 18.2 Å². The second-order valence-electron chi connectivity index (χ2n) is 3.66. The van der Waals surface area contributed by atoms with Gasteiger partial charge in [-0.2, -0.15) is 0 Å². The fraction of sp³-hybridized carbons (Fsp3) is 0. The number of rotatable bonds is 1. The maximum atomic E-state index is 13.7. The van der Waals surface area contributed by atoms with E-state index in [-0.39, 0.29) is 21.7 Å². The van der Waals surface area contributed by atoms with Gasteiger partial charge >= 0.3 is 5.84 Å². The summed E-state index contributed by atoms with van der Waals surface area (Å²) in [5.74, 6) is -1.72. The minimum atomic E-state index is -0.845. The Kier molecular flexibility index (Phi) is 2.67. The lowest BCUT2D eigenvalue weighted by Gasteiger charge is -2.00. The Morgan fingerprint density at radius 3 is 2.84 bits per heavy atom. The normalized spacial score (nSPS) is 11.1. The van der Waals surface area contributed by atoms with Gasteiger partial charge in [-0.1, -0.05) is 5.16 Å². The van der Waals surface area contributed by atoms with Gasteiger partial charge in [-0.3, -0.25) is 4.79 Å². The Balaban J connectivity index is 2.37. The smallest absolute Gasteiger partial charge is 0.314 e. The first-order valence-corrected chi connectivity index (χ1v) is 5.85. The van der Waals surface area contributed by atoms with Crippen molar-refractivity contribution in [1.29, 1.82) is 0 Å². The van der Waals surface area contributed by atoms with Gasteiger partial charge in [0.1, 0.15) is 16.1 Å². The van der Waals surface area contributed by atoms with E-state index in [1.807, 2.05) is 0 Å². The molecular formula is C11H4BrF2N3O2. The summed E-state index contributed by atoms with van der Waals surface area (Å²) in [5, 5.41) is 3.60. The van der Waals surface area contributed by atoms with Gasteiger partial charge in [0.05, 0.1) is 11.8 Å². The molecule has 0 atom stereocenters. The molecule has 0 aliphatic carbocycles. The van der Waals surface area contributed by atoms with Crippen LogP contribution in [0.25, 0.3) is 17.2 Å². The van der Waals surface area contributed by atoms with Crippen molar-refractivity contribution in [2.45, 2.75) is 0 Å². The quantitative estimate of drug-likeness (QED) is 0.688. The van der Waals surface area contributed by atoms with E-state index in [1.165, 1.54) is 12.3 Å². The largest absolute Gasteiger partial charge is 0.335 e. The molecule has 3 rings (SSSR count). The third-order valence-electron chi connectivity index (χ3n) is 2.48. The van der Waals surface area contributed by atoms with E-state index in [2.05, 4.69) is 26.1 Å². The Morgan fingerprint density at radius 1 is 1.32 bits per heavy atom. The lowest BCUT2D eigenvalue weighted by atomic mass is 10.2. The summed E-state index contributed by atoms with van der Waals surface area (Å²) in [6.07, 6.45) is 1.26. The standard InChI is InChI=1S/C11H4BrF2N3O2/c12-7-4-15-11-17(10(7)18)9(16-19-11)6-2-1-5(13)3-8(6)14/h1-4H. The van der Waals surface area contributed by atoms with Gasteiger partial charge in [0, 0.05) is 6.07 Å². The predicted octanol–water partition coefficient (Wildman–Crippen LogP) is 2.39. The Morgan fingerprint density at radius 2 is 2.11 bits per heavy atom. The fourth-order valence-corrected chi connectivity index (χ4v) is 1.91. The molecule has 0 N–H and O–H groups in total. The Labute approximate surface area is 112 Å². The fourth-order valence-electron chi connectivity index (χ4n) is 1.64. The van der Waals surface area contributed by atoms with Gasteiger partial charge < -0.3 is 4.52 Å². The summed E-state index contributed by atoms with van der Waals surface area (Å²) < 4.78 is 32.6. The highest BCUT2D eigenvalue weighted by Crippen LogP contribution is 2.22. The highest BCUT2D eigenvalue weighted by molar-refractivity contribution is 9.10. The molecule has 0 spiro atoms. The monoisotopic (exact) mass is 327 g/mol. The highest BCUT2D eigenvalue weighted by Gasteiger charge is 2.17. The first-order valence-electron chi connectivity index (χ1n) is 5.06. The van der Waals surface area contributed by atoms with Crippen LogP contribution in [0.5, 0.6) is 0 Å². The van der Waals surface area contributed by atoms with Crippen molar-refractivity contribution in [3.05, 3.63) is 50.9 Å². The molecule has 0 bridgehead atoms. The lowest BCUT2D eigenvalue weighted by molar-refractivity contribution is 0.447. The van der Waals surface area contributed by atoms with Crippen molar-refractivity contribution in [3.8, 4) is 11.4 Å². The summed E-state index contributed by atoms with van der Waals surface area (Å²) in [6.45, 7) is 0. The predicted molar refractivity (Wildman–Crippen MR) is 64.6 cm³/mol. The van der Waals surface area contributed by atoms with Crippen molar-refractivity contribution in [2.75, 3.05) is 0 Å². The average Bonchev–Trinajstić information content (AvgIpc) is 2.78. The van der Waals surface area contributed by atoms with Crippen LogP contribution in [-0.2, 0) is 0 Å². The van der Waals surface area contributed by atoms with Crippen molar-refractivity contribution in [3.63, 3.8) is 0 Å². The van der Waals surface area contributed by atoms with Crippen LogP contribution in [-0.4, -0.2) is 14.5 Å². The molecule has 0 fully saturated rings. The topological polar surface area (TPSA) is 60.4 Å². The number of nitrogens with zero attached hydrogens (tertiary/aromatic N) is 3. The van der Waals surface area contributed by atoms with Crippen molar-refractivity contribution in [2.24, 2.45) is 0 Å². The zero-order chi connectivity index (χ0) is 13.6. The second-order valence-corrected chi connectivity index (χ2v) is 4.51. The van der Waals surface area contributed by atoms with Crippen molar-refractivity contribution in [1.82, 2.24) is 14.5 Å². The van der Waals surface area contributed by atoms with E-state index in [4.69, 9.17) is 4.52 Å². The Hall–Kier alpha value is -2.09. The van der Waals surface area contributed by atoms with Gasteiger partial charge in [-0.05, 0) is 28.1 Å². The molecule has 19 heavy (non-hydrogen) atoms. The number of benzene rings is 1. The van der Waals surface area contributed by atoms with E-state index >= 15 is 0 Å². The summed E-state index contributed by atoms with van der Waals surface area (Å²) in [5.41, 5.74) is -0.549. The van der Waals surface area contributed by atoms with E-state index < -0.39 is 17.2 Å². The summed E-state index contributed by atoms with van der Waals surface area (Å²) >= 11 is 3.02. The van der Waals surface area contributed by atoms with E-state index in [1.54, 1.807) is 0 Å². The minimum Gasteiger partial charge on any atom is -0.314 e. The van der Waals surface area contributed by atoms with Crippen molar-refractivity contribution >= 4 is 21.8 Å². The first kappa shape index (κ1) is 12.0. The van der Waals surface area contributed by atoms with E-state index in [9.17, 15) is 13.6 Å². The molecule has 0 saturated heterocycles. The highest BCUT2D eigenvalue weighted by atomic mass is 79.9. The molecule has 2 heterocycles. The molecule has 8 heteroatoms. The number of hydrogen-bond donors (Lipinski definition) is 0. The van der Waals surface area contributed by atoms with Crippen LogP contribution < -0.4 is 5.56 Å². The van der Waals surface area contributed by atoms with Gasteiger partial charge in [0.2, 0.25) is 0 Å². The van der Waals surface area contributed by atoms with Gasteiger partial charge in [0.25, 0.3) is 5.56 Å². The minimum absolute atomic E-state index is 0.0536. The molecule has 5 nitrogen and oxygen atoms in total. The molecule has 0 amide bonds. The van der Waals surface area contributed by atoms with E-state index in [0.717, 1.165) is 10.5 Å². The Bertz CT molecular complexity index is 844. The average molecular weight is 328 g/mol. The van der Waals surface area contributed by atoms with Crippen LogP contribution in [0.3, 0.4) is 0 Å². The SMILES string of the molecule is O=c1c(Br)cnc2onc(-c3ccc(F)cc3F)n12. The molecule has 2 aromatic heterocycles. The maximum absolute atomic E-state index is 13.7. The number of aromatic nitrogens is 3. The third-order valence-corrected chi connectivity index (χ3v) is 3.03. The van der Waals surface area contributed by atoms with Crippen LogP contribution in [0, 0.1) is 11.6 Å². The molecule has 96 valence electrons. The van der Waals surface area contributed by atoms with E-state index in [0.29, 0.717) is 6.07 Å². The van der Waals surface area contributed by atoms with Gasteiger partial charge in [0.15, 0.2) is 5.82 Å². The molecule has 0 aliphatic heterocycles. The number of halogens is 3. The zero-order valence-corrected chi connectivity index (χ0v) is 10.7. The lowest BCUT2D eigenvalue weighted by Crippen LogP contribution is -2.15. The van der Waals surface area contributed by atoms with Crippen LogP contribution in [0.15, 0.2) is 38.2 Å². The zero-order valence-electron chi connectivity index (χ0n) is 9.10. The number of fused-ring (bicyclic) bond motifs is 1. The van der Waals surface area contributed by atoms with Gasteiger partial charge in [-0.15, -0.1) is 0 Å². The second kappa shape index (κ2) is 4.23.